The maximum Gasteiger partial charge on any atom is 0.0620 e. The number of nitrogens with two attached hydrogens (primary N) is 1. The predicted octanol–water partition coefficient (Wildman–Crippen LogP) is 1.81. The zero-order valence-electron chi connectivity index (χ0n) is 8.05. The Morgan fingerprint density at radius 3 is 2.67 bits per heavy atom. The lowest BCUT2D eigenvalue weighted by Crippen LogP contribution is -2.27. The second kappa shape index (κ2) is 4.24. The van der Waals surface area contributed by atoms with E-state index in [1.54, 1.807) is 0 Å². The summed E-state index contributed by atoms with van der Waals surface area (Å²) in [5, 5.41) is 9.87. The normalized spacial score (nSPS) is 39.8. The quantitative estimate of drug-likeness (QED) is 0.584. The van der Waals surface area contributed by atoms with Crippen LogP contribution in [0.2, 0.25) is 0 Å². The van der Waals surface area contributed by atoms with E-state index in [-0.39, 0.29) is 0 Å². The van der Waals surface area contributed by atoms with Crippen molar-refractivity contribution < 1.29 is 5.11 Å². The van der Waals surface area contributed by atoms with Crippen LogP contribution in [-0.2, 0) is 0 Å². The molecule has 0 radical (unpaired) electrons. The molecule has 0 bridgehead atoms. The molecule has 72 valence electrons. The van der Waals surface area contributed by atoms with Crippen LogP contribution in [-0.4, -0.2) is 16.7 Å². The molecule has 1 saturated carbocycles. The molecule has 2 unspecified atom stereocenters. The third-order valence-electron chi connectivity index (χ3n) is 2.84. The van der Waals surface area contributed by atoms with Crippen LogP contribution in [0.1, 0.15) is 51.9 Å². The third-order valence-corrected chi connectivity index (χ3v) is 2.84. The summed E-state index contributed by atoms with van der Waals surface area (Å²) in [5.41, 5.74) is 5.43. The molecule has 12 heavy (non-hydrogen) atoms. The highest BCUT2D eigenvalue weighted by molar-refractivity contribution is 4.77. The number of rotatable bonds is 0. The summed E-state index contributed by atoms with van der Waals surface area (Å²) in [6.45, 7) is 1.94. The minimum atomic E-state index is -0.456. The monoisotopic (exact) mass is 171 g/mol. The first-order valence-corrected chi connectivity index (χ1v) is 5.08. The van der Waals surface area contributed by atoms with Crippen LogP contribution in [0.4, 0.5) is 0 Å². The van der Waals surface area contributed by atoms with E-state index in [9.17, 15) is 5.11 Å². The van der Waals surface area contributed by atoms with Gasteiger partial charge >= 0.3 is 0 Å². The topological polar surface area (TPSA) is 46.2 Å². The summed E-state index contributed by atoms with van der Waals surface area (Å²) in [6, 6.07) is 0.314. The minimum Gasteiger partial charge on any atom is -0.390 e. The molecular weight excluding hydrogens is 150 g/mol. The first-order valence-electron chi connectivity index (χ1n) is 5.08. The molecule has 1 rings (SSSR count). The number of hydrogen-bond acceptors (Lipinski definition) is 2. The molecule has 0 aromatic carbocycles. The van der Waals surface area contributed by atoms with Crippen LogP contribution in [0.3, 0.4) is 0 Å². The largest absolute Gasteiger partial charge is 0.390 e. The van der Waals surface area contributed by atoms with Crippen molar-refractivity contribution in [2.75, 3.05) is 0 Å². The van der Waals surface area contributed by atoms with E-state index in [4.69, 9.17) is 5.73 Å². The molecular formula is C10H21NO. The highest BCUT2D eigenvalue weighted by Gasteiger charge is 2.21. The molecule has 0 spiro atoms. The molecule has 1 aliphatic carbocycles. The predicted molar refractivity (Wildman–Crippen MR) is 50.9 cm³/mol. The smallest absolute Gasteiger partial charge is 0.0620 e. The molecule has 2 nitrogen and oxygen atoms in total. The summed E-state index contributed by atoms with van der Waals surface area (Å²) in [5.74, 6) is 0. The Morgan fingerprint density at radius 2 is 1.92 bits per heavy atom. The molecule has 2 atom stereocenters. The van der Waals surface area contributed by atoms with Crippen molar-refractivity contribution >= 4 is 0 Å². The van der Waals surface area contributed by atoms with Gasteiger partial charge in [-0.1, -0.05) is 19.3 Å². The Balaban J connectivity index is 2.40. The molecule has 0 aromatic rings. The molecule has 0 amide bonds. The van der Waals surface area contributed by atoms with E-state index < -0.39 is 5.60 Å². The molecule has 2 heteroatoms. The van der Waals surface area contributed by atoms with Crippen LogP contribution in [0.15, 0.2) is 0 Å². The van der Waals surface area contributed by atoms with Crippen molar-refractivity contribution in [1.29, 1.82) is 0 Å². The first kappa shape index (κ1) is 10.0. The highest BCUT2D eigenvalue weighted by Crippen LogP contribution is 2.24. The van der Waals surface area contributed by atoms with Gasteiger partial charge < -0.3 is 10.8 Å². The maximum absolute atomic E-state index is 9.87. The van der Waals surface area contributed by atoms with Gasteiger partial charge in [-0.05, 0) is 32.6 Å². The fraction of sp³-hybridized carbons (Fsp3) is 1.00. The van der Waals surface area contributed by atoms with Gasteiger partial charge in [0.05, 0.1) is 5.60 Å². The van der Waals surface area contributed by atoms with Crippen LogP contribution in [0.25, 0.3) is 0 Å². The van der Waals surface area contributed by atoms with Gasteiger partial charge in [-0.2, -0.15) is 0 Å². The van der Waals surface area contributed by atoms with Gasteiger partial charge in [0.15, 0.2) is 0 Å². The summed E-state index contributed by atoms with van der Waals surface area (Å²) >= 11 is 0. The lowest BCUT2D eigenvalue weighted by molar-refractivity contribution is 0.0375. The summed E-state index contributed by atoms with van der Waals surface area (Å²) in [6.07, 6.45) is 7.54. The van der Waals surface area contributed by atoms with Crippen molar-refractivity contribution in [3.8, 4) is 0 Å². The van der Waals surface area contributed by atoms with Crippen molar-refractivity contribution in [2.24, 2.45) is 5.73 Å². The van der Waals surface area contributed by atoms with Crippen LogP contribution in [0.5, 0.6) is 0 Å². The molecule has 0 aromatic heterocycles. The lowest BCUT2D eigenvalue weighted by atomic mass is 9.93. The second-order valence-corrected chi connectivity index (χ2v) is 4.40. The lowest BCUT2D eigenvalue weighted by Gasteiger charge is -2.23. The Labute approximate surface area is 75.2 Å². The van der Waals surface area contributed by atoms with Crippen molar-refractivity contribution in [1.82, 2.24) is 0 Å². The molecule has 0 saturated heterocycles. The van der Waals surface area contributed by atoms with Crippen LogP contribution in [0, 0.1) is 0 Å². The zero-order chi connectivity index (χ0) is 9.03. The minimum absolute atomic E-state index is 0.314. The third kappa shape index (κ3) is 3.55. The summed E-state index contributed by atoms with van der Waals surface area (Å²) in [4.78, 5) is 0. The van der Waals surface area contributed by atoms with Crippen molar-refractivity contribution in [3.05, 3.63) is 0 Å². The SMILES string of the molecule is CC1(O)CCCCCC(N)CC1. The van der Waals surface area contributed by atoms with Crippen LogP contribution < -0.4 is 5.73 Å². The van der Waals surface area contributed by atoms with Gasteiger partial charge in [0.1, 0.15) is 0 Å². The highest BCUT2D eigenvalue weighted by atomic mass is 16.3. The van der Waals surface area contributed by atoms with Crippen LogP contribution >= 0.6 is 0 Å². The van der Waals surface area contributed by atoms with Gasteiger partial charge in [-0.25, -0.2) is 0 Å². The van der Waals surface area contributed by atoms with Gasteiger partial charge in [-0.3, -0.25) is 0 Å². The molecule has 1 aliphatic rings. The van der Waals surface area contributed by atoms with Crippen molar-refractivity contribution in [3.63, 3.8) is 0 Å². The molecule has 0 aliphatic heterocycles. The summed E-state index contributed by atoms with van der Waals surface area (Å²) < 4.78 is 0. The van der Waals surface area contributed by atoms with Gasteiger partial charge in [0.25, 0.3) is 0 Å². The molecule has 0 heterocycles. The number of aliphatic hydroxyl groups is 1. The average Bonchev–Trinajstić information content (AvgIpc) is 2.05. The summed E-state index contributed by atoms with van der Waals surface area (Å²) in [7, 11) is 0. The van der Waals surface area contributed by atoms with Crippen molar-refractivity contribution in [2.45, 2.75) is 63.5 Å². The van der Waals surface area contributed by atoms with E-state index in [2.05, 4.69) is 0 Å². The van der Waals surface area contributed by atoms with E-state index in [1.807, 2.05) is 6.92 Å². The van der Waals surface area contributed by atoms with Gasteiger partial charge in [-0.15, -0.1) is 0 Å². The zero-order valence-corrected chi connectivity index (χ0v) is 8.05. The van der Waals surface area contributed by atoms with Gasteiger partial charge in [0.2, 0.25) is 0 Å². The Hall–Kier alpha value is -0.0800. The van der Waals surface area contributed by atoms with E-state index in [1.165, 1.54) is 12.8 Å². The maximum atomic E-state index is 9.87. The van der Waals surface area contributed by atoms with E-state index in [0.29, 0.717) is 6.04 Å². The fourth-order valence-corrected chi connectivity index (χ4v) is 1.85. The number of hydrogen-bond donors (Lipinski definition) is 2. The molecule has 1 fully saturated rings. The Bertz CT molecular complexity index is 134. The van der Waals surface area contributed by atoms with E-state index >= 15 is 0 Å². The molecule has 3 N–H and O–H groups in total. The second-order valence-electron chi connectivity index (χ2n) is 4.40. The Kier molecular flexibility index (Phi) is 3.53. The standard InChI is InChI=1S/C10H21NO/c1-10(12)7-4-2-3-5-9(11)6-8-10/h9,12H,2-8,11H2,1H3. The first-order chi connectivity index (χ1) is 5.60. The fourth-order valence-electron chi connectivity index (χ4n) is 1.85. The average molecular weight is 171 g/mol. The Morgan fingerprint density at radius 1 is 1.17 bits per heavy atom. The van der Waals surface area contributed by atoms with Gasteiger partial charge in [0, 0.05) is 6.04 Å². The van der Waals surface area contributed by atoms with E-state index in [0.717, 1.165) is 32.1 Å².